The molecule has 27 heavy (non-hydrogen) atoms. The van der Waals surface area contributed by atoms with E-state index in [1.54, 1.807) is 18.3 Å². The molecule has 0 unspecified atom stereocenters. The van der Waals surface area contributed by atoms with E-state index in [1.807, 2.05) is 24.3 Å². The minimum Gasteiger partial charge on any atom is -0.449 e. The van der Waals surface area contributed by atoms with Gasteiger partial charge >= 0.3 is 6.09 Å². The molecule has 2 aromatic carbocycles. The highest BCUT2D eigenvalue weighted by Gasteiger charge is 2.28. The summed E-state index contributed by atoms with van der Waals surface area (Å²) in [4.78, 5) is 26.3. The summed E-state index contributed by atoms with van der Waals surface area (Å²) in [6, 6.07) is 20.0. The van der Waals surface area contributed by atoms with Crippen molar-refractivity contribution in [3.8, 4) is 11.1 Å². The Kier molecular flexibility index (Phi) is 4.75. The fourth-order valence-electron chi connectivity index (χ4n) is 3.60. The van der Waals surface area contributed by atoms with Gasteiger partial charge in [-0.15, -0.1) is 0 Å². The van der Waals surface area contributed by atoms with Crippen LogP contribution >= 0.6 is 0 Å². The molecule has 4 rings (SSSR count). The molecule has 5 heteroatoms. The predicted molar refractivity (Wildman–Crippen MR) is 104 cm³/mol. The Balaban J connectivity index is 1.37. The molecule has 1 aromatic heterocycles. The fourth-order valence-corrected chi connectivity index (χ4v) is 3.60. The van der Waals surface area contributed by atoms with Crippen LogP contribution in [-0.4, -0.2) is 24.2 Å². The Morgan fingerprint density at radius 2 is 1.63 bits per heavy atom. The molecule has 1 aliphatic carbocycles. The van der Waals surface area contributed by atoms with Crippen molar-refractivity contribution in [2.45, 2.75) is 12.3 Å². The third-order valence-corrected chi connectivity index (χ3v) is 4.91. The number of fused-ring (bicyclic) bond motifs is 3. The number of carbonyl (C=O) groups is 1. The average Bonchev–Trinajstić information content (AvgIpc) is 3.02. The van der Waals surface area contributed by atoms with Crippen LogP contribution in [0.25, 0.3) is 11.1 Å². The average molecular weight is 360 g/mol. The summed E-state index contributed by atoms with van der Waals surface area (Å²) < 4.78 is 5.47. The van der Waals surface area contributed by atoms with E-state index >= 15 is 0 Å². The number of hydrogen-bond acceptors (Lipinski definition) is 3. The number of benzene rings is 2. The lowest BCUT2D eigenvalue weighted by molar-refractivity contribution is 0.143. The second-order valence-corrected chi connectivity index (χ2v) is 6.53. The van der Waals surface area contributed by atoms with Crippen LogP contribution in [0.1, 0.15) is 22.6 Å². The third-order valence-electron chi connectivity index (χ3n) is 4.91. The van der Waals surface area contributed by atoms with Gasteiger partial charge in [-0.3, -0.25) is 4.79 Å². The van der Waals surface area contributed by atoms with Gasteiger partial charge in [0, 0.05) is 24.2 Å². The van der Waals surface area contributed by atoms with Crippen molar-refractivity contribution in [2.24, 2.45) is 0 Å². The van der Waals surface area contributed by atoms with Gasteiger partial charge < -0.3 is 15.0 Å². The number of pyridine rings is 1. The highest BCUT2D eigenvalue weighted by Crippen LogP contribution is 2.44. The van der Waals surface area contributed by atoms with Gasteiger partial charge in [0.1, 0.15) is 6.61 Å². The molecule has 1 amide bonds. The van der Waals surface area contributed by atoms with Crippen LogP contribution < -0.4 is 10.9 Å². The number of ether oxygens (including phenoxy) is 1. The maximum atomic E-state index is 12.1. The van der Waals surface area contributed by atoms with E-state index in [0.29, 0.717) is 18.5 Å². The number of aromatic amines is 1. The largest absolute Gasteiger partial charge is 0.449 e. The zero-order valence-corrected chi connectivity index (χ0v) is 14.8. The zero-order valence-electron chi connectivity index (χ0n) is 14.8. The van der Waals surface area contributed by atoms with Gasteiger partial charge in [0.25, 0.3) is 5.56 Å². The number of hydrogen-bond donors (Lipinski definition) is 2. The van der Waals surface area contributed by atoms with Crippen molar-refractivity contribution in [1.29, 1.82) is 0 Å². The lowest BCUT2D eigenvalue weighted by Crippen LogP contribution is -2.29. The molecule has 5 nitrogen and oxygen atoms in total. The second-order valence-electron chi connectivity index (χ2n) is 6.53. The number of nitrogens with one attached hydrogen (secondary N) is 2. The first-order valence-electron chi connectivity index (χ1n) is 8.99. The van der Waals surface area contributed by atoms with E-state index in [0.717, 1.165) is 0 Å². The molecule has 0 aliphatic heterocycles. The molecule has 0 saturated heterocycles. The van der Waals surface area contributed by atoms with E-state index in [4.69, 9.17) is 4.74 Å². The van der Waals surface area contributed by atoms with E-state index in [-0.39, 0.29) is 18.1 Å². The van der Waals surface area contributed by atoms with Crippen LogP contribution in [0, 0.1) is 0 Å². The summed E-state index contributed by atoms with van der Waals surface area (Å²) in [5.74, 6) is 0.0418. The van der Waals surface area contributed by atoms with E-state index in [9.17, 15) is 9.59 Å². The molecule has 0 saturated carbocycles. The lowest BCUT2D eigenvalue weighted by Gasteiger charge is -2.14. The molecule has 0 bridgehead atoms. The third kappa shape index (κ3) is 3.49. The normalized spacial score (nSPS) is 12.3. The first kappa shape index (κ1) is 17.1. The van der Waals surface area contributed by atoms with E-state index in [1.165, 1.54) is 22.3 Å². The number of rotatable bonds is 5. The second kappa shape index (κ2) is 7.50. The monoisotopic (exact) mass is 360 g/mol. The standard InChI is InChI=1S/C22H20N2O3/c25-21-15(6-5-12-23-21)11-13-24-22(26)27-14-20-18-9-3-1-7-16(18)17-8-2-4-10-19(17)20/h1-10,12,20H,11,13-14H2,(H,23,25)(H,24,26). The van der Waals surface area contributed by atoms with Crippen LogP contribution in [0.3, 0.4) is 0 Å². The van der Waals surface area contributed by atoms with Gasteiger partial charge in [-0.25, -0.2) is 4.79 Å². The molecular weight excluding hydrogens is 340 g/mol. The molecule has 3 aromatic rings. The smallest absolute Gasteiger partial charge is 0.407 e. The van der Waals surface area contributed by atoms with Crippen LogP contribution in [0.15, 0.2) is 71.7 Å². The SMILES string of the molecule is O=C(NCCc1ccc[nH]c1=O)OCC1c2ccccc2-c2ccccc21. The van der Waals surface area contributed by atoms with Gasteiger partial charge in [0.2, 0.25) is 0 Å². The summed E-state index contributed by atoms with van der Waals surface area (Å²) in [6.07, 6.45) is 1.58. The van der Waals surface area contributed by atoms with Gasteiger partial charge in [0.05, 0.1) is 0 Å². The number of carbonyl (C=O) groups excluding carboxylic acids is 1. The highest BCUT2D eigenvalue weighted by atomic mass is 16.5. The zero-order chi connectivity index (χ0) is 18.6. The molecule has 0 radical (unpaired) electrons. The molecule has 0 fully saturated rings. The fraction of sp³-hybridized carbons (Fsp3) is 0.182. The van der Waals surface area contributed by atoms with Gasteiger partial charge in [-0.05, 0) is 34.7 Å². The van der Waals surface area contributed by atoms with E-state index < -0.39 is 6.09 Å². The Hall–Kier alpha value is -3.34. The van der Waals surface area contributed by atoms with E-state index in [2.05, 4.69) is 34.6 Å². The van der Waals surface area contributed by atoms with Gasteiger partial charge in [0.15, 0.2) is 0 Å². The molecule has 1 heterocycles. The summed E-state index contributed by atoms with van der Waals surface area (Å²) in [5.41, 5.74) is 5.27. The maximum absolute atomic E-state index is 12.1. The Labute approximate surface area is 157 Å². The van der Waals surface area contributed by atoms with Crippen LogP contribution in [0.4, 0.5) is 4.79 Å². The molecule has 0 atom stereocenters. The maximum Gasteiger partial charge on any atom is 0.407 e. The first-order valence-corrected chi connectivity index (χ1v) is 8.99. The topological polar surface area (TPSA) is 71.2 Å². The molecule has 1 aliphatic rings. The van der Waals surface area contributed by atoms with Crippen molar-refractivity contribution >= 4 is 6.09 Å². The van der Waals surface area contributed by atoms with Crippen LogP contribution in [-0.2, 0) is 11.2 Å². The van der Waals surface area contributed by atoms with Gasteiger partial charge in [-0.2, -0.15) is 0 Å². The summed E-state index contributed by atoms with van der Waals surface area (Å²) in [7, 11) is 0. The Morgan fingerprint density at radius 1 is 0.963 bits per heavy atom. The predicted octanol–water partition coefficient (Wildman–Crippen LogP) is 3.46. The quantitative estimate of drug-likeness (QED) is 0.732. The molecule has 0 spiro atoms. The van der Waals surface area contributed by atoms with Gasteiger partial charge in [-0.1, -0.05) is 54.6 Å². The van der Waals surface area contributed by atoms with Crippen molar-refractivity contribution in [3.63, 3.8) is 0 Å². The summed E-state index contributed by atoms with van der Waals surface area (Å²) in [6.45, 7) is 0.634. The number of H-pyrrole nitrogens is 1. The van der Waals surface area contributed by atoms with Crippen LogP contribution in [0.2, 0.25) is 0 Å². The van der Waals surface area contributed by atoms with Crippen molar-refractivity contribution in [3.05, 3.63) is 93.9 Å². The number of aromatic nitrogens is 1. The molecule has 136 valence electrons. The molecular formula is C22H20N2O3. The Bertz CT molecular complexity index is 980. The highest BCUT2D eigenvalue weighted by molar-refractivity contribution is 5.79. The summed E-state index contributed by atoms with van der Waals surface area (Å²) >= 11 is 0. The van der Waals surface area contributed by atoms with Crippen molar-refractivity contribution in [2.75, 3.05) is 13.2 Å². The van der Waals surface area contributed by atoms with Crippen molar-refractivity contribution < 1.29 is 9.53 Å². The van der Waals surface area contributed by atoms with Crippen molar-refractivity contribution in [1.82, 2.24) is 10.3 Å². The number of alkyl carbamates (subject to hydrolysis) is 1. The minimum atomic E-state index is -0.468. The Morgan fingerprint density at radius 3 is 2.30 bits per heavy atom. The first-order chi connectivity index (χ1) is 13.2. The summed E-state index contributed by atoms with van der Waals surface area (Å²) in [5, 5.41) is 2.72. The number of amides is 1. The molecule has 2 N–H and O–H groups in total. The van der Waals surface area contributed by atoms with Crippen LogP contribution in [0.5, 0.6) is 0 Å². The lowest BCUT2D eigenvalue weighted by atomic mass is 9.98. The minimum absolute atomic E-state index is 0.0418.